The summed E-state index contributed by atoms with van der Waals surface area (Å²) in [5.74, 6) is 0. The van der Waals surface area contributed by atoms with E-state index in [0.717, 1.165) is 63.8 Å². The number of aromatic amines is 1. The van der Waals surface area contributed by atoms with Gasteiger partial charge in [0, 0.05) is 40.0 Å². The molecule has 2 aromatic carbocycles. The summed E-state index contributed by atoms with van der Waals surface area (Å²) < 4.78 is 1.93. The third-order valence-electron chi connectivity index (χ3n) is 6.64. The first-order valence-electron chi connectivity index (χ1n) is 11.2. The summed E-state index contributed by atoms with van der Waals surface area (Å²) in [6, 6.07) is 8.63. The number of unbranched alkanes of at least 4 members (excludes halogenated alkanes) is 1. The quantitative estimate of drug-likeness (QED) is 0.286. The molecule has 3 nitrogen and oxygen atoms in total. The van der Waals surface area contributed by atoms with E-state index in [-0.39, 0.29) is 0 Å². The van der Waals surface area contributed by atoms with Gasteiger partial charge in [0.15, 0.2) is 0 Å². The number of fused-ring (bicyclic) bond motifs is 1. The molecule has 0 aliphatic carbocycles. The maximum absolute atomic E-state index is 6.72. The number of hydrogen-bond donors (Lipinski definition) is 1. The highest BCUT2D eigenvalue weighted by atomic mass is 35.5. The average Bonchev–Trinajstić information content (AvgIpc) is 3.18. The number of rotatable bonds is 6. The molecule has 2 heterocycles. The lowest BCUT2D eigenvalue weighted by Crippen LogP contribution is -1.93. The lowest BCUT2D eigenvalue weighted by molar-refractivity contribution is 0.731. The van der Waals surface area contributed by atoms with Crippen LogP contribution in [-0.2, 0) is 19.9 Å². The van der Waals surface area contributed by atoms with E-state index < -0.39 is 0 Å². The van der Waals surface area contributed by atoms with Crippen molar-refractivity contribution >= 4 is 34.1 Å². The molecule has 168 valence electrons. The molecule has 2 aromatic heterocycles. The van der Waals surface area contributed by atoms with Crippen molar-refractivity contribution in [1.29, 1.82) is 0 Å². The minimum Gasteiger partial charge on any atom is -0.358 e. The van der Waals surface area contributed by atoms with Gasteiger partial charge in [-0.05, 0) is 88.6 Å². The van der Waals surface area contributed by atoms with Crippen LogP contribution < -0.4 is 0 Å². The minimum atomic E-state index is 0.762. The molecule has 1 N–H and O–H groups in total. The number of H-pyrrole nitrogens is 1. The first-order chi connectivity index (χ1) is 15.2. The van der Waals surface area contributed by atoms with Crippen LogP contribution in [0.2, 0.25) is 10.0 Å². The second kappa shape index (κ2) is 8.96. The molecular formula is C27H31Cl2N3. The van der Waals surface area contributed by atoms with Crippen molar-refractivity contribution in [3.8, 4) is 11.1 Å². The second-order valence-electron chi connectivity index (χ2n) is 8.99. The standard InChI is InChI=1S/C27H31Cl2N3/c1-15-13-20(14-16(2)26(15)29)9-7-8-10-21-17(3)30-27-22(21)11-12-23(28)25(27)24-18(4)31-32(6)19(24)5/h11-14,30H,7-10H2,1-6H3. The third kappa shape index (κ3) is 4.09. The van der Waals surface area contributed by atoms with E-state index in [0.29, 0.717) is 0 Å². The van der Waals surface area contributed by atoms with Crippen molar-refractivity contribution in [2.45, 2.75) is 60.3 Å². The Morgan fingerprint density at radius 1 is 0.906 bits per heavy atom. The number of nitrogens with zero attached hydrogens (tertiary/aromatic N) is 2. The molecule has 32 heavy (non-hydrogen) atoms. The lowest BCUT2D eigenvalue weighted by Gasteiger charge is -2.09. The summed E-state index contributed by atoms with van der Waals surface area (Å²) in [5, 5.41) is 7.52. The SMILES string of the molecule is Cc1cc(CCCCc2c(C)[nH]c3c(-c4c(C)nn(C)c4C)c(Cl)ccc23)cc(C)c1Cl. The molecular weight excluding hydrogens is 437 g/mol. The van der Waals surface area contributed by atoms with E-state index in [1.807, 2.05) is 24.7 Å². The molecule has 0 aliphatic rings. The molecule has 0 aliphatic heterocycles. The Morgan fingerprint density at radius 3 is 2.19 bits per heavy atom. The summed E-state index contributed by atoms with van der Waals surface area (Å²) in [5.41, 5.74) is 11.8. The van der Waals surface area contributed by atoms with Crippen LogP contribution in [0.3, 0.4) is 0 Å². The zero-order valence-corrected chi connectivity index (χ0v) is 21.3. The number of benzene rings is 2. The monoisotopic (exact) mass is 467 g/mol. The lowest BCUT2D eigenvalue weighted by atomic mass is 9.97. The van der Waals surface area contributed by atoms with Crippen LogP contribution >= 0.6 is 23.2 Å². The van der Waals surface area contributed by atoms with Crippen molar-refractivity contribution in [2.75, 3.05) is 0 Å². The average molecular weight is 468 g/mol. The first-order valence-corrected chi connectivity index (χ1v) is 12.0. The van der Waals surface area contributed by atoms with Gasteiger partial charge in [-0.25, -0.2) is 0 Å². The highest BCUT2D eigenvalue weighted by Crippen LogP contribution is 2.40. The Balaban J connectivity index is 1.59. The normalized spacial score (nSPS) is 11.6. The number of nitrogens with one attached hydrogen (secondary N) is 1. The smallest absolute Gasteiger partial charge is 0.0676 e. The van der Waals surface area contributed by atoms with E-state index in [4.69, 9.17) is 23.2 Å². The van der Waals surface area contributed by atoms with Crippen LogP contribution in [0.4, 0.5) is 0 Å². The van der Waals surface area contributed by atoms with Gasteiger partial charge in [-0.15, -0.1) is 0 Å². The van der Waals surface area contributed by atoms with Gasteiger partial charge >= 0.3 is 0 Å². The molecule has 0 spiro atoms. The van der Waals surface area contributed by atoms with E-state index in [2.05, 4.69) is 56.0 Å². The molecule has 0 radical (unpaired) electrons. The molecule has 4 aromatic rings. The Morgan fingerprint density at radius 2 is 1.56 bits per heavy atom. The predicted octanol–water partition coefficient (Wildman–Crippen LogP) is 7.98. The molecule has 0 atom stereocenters. The number of aromatic nitrogens is 3. The van der Waals surface area contributed by atoms with Crippen LogP contribution in [-0.4, -0.2) is 14.8 Å². The maximum atomic E-state index is 6.72. The summed E-state index contributed by atoms with van der Waals surface area (Å²) in [6.07, 6.45) is 4.40. The van der Waals surface area contributed by atoms with Crippen molar-refractivity contribution < 1.29 is 0 Å². The first kappa shape index (κ1) is 22.9. The fourth-order valence-corrected chi connectivity index (χ4v) is 5.30. The van der Waals surface area contributed by atoms with Crippen LogP contribution in [0.15, 0.2) is 24.3 Å². The molecule has 0 saturated heterocycles. The Hall–Kier alpha value is -2.23. The Labute approximate surface area is 200 Å². The Bertz CT molecular complexity index is 1290. The van der Waals surface area contributed by atoms with Crippen LogP contribution in [0, 0.1) is 34.6 Å². The predicted molar refractivity (Wildman–Crippen MR) is 137 cm³/mol. The maximum Gasteiger partial charge on any atom is 0.0676 e. The summed E-state index contributed by atoms with van der Waals surface area (Å²) in [4.78, 5) is 3.64. The number of hydrogen-bond acceptors (Lipinski definition) is 1. The Kier molecular flexibility index (Phi) is 6.42. The van der Waals surface area contributed by atoms with E-state index in [1.165, 1.54) is 33.3 Å². The zero-order chi connectivity index (χ0) is 23.2. The van der Waals surface area contributed by atoms with Crippen LogP contribution in [0.25, 0.3) is 22.0 Å². The van der Waals surface area contributed by atoms with Gasteiger partial charge in [-0.3, -0.25) is 4.68 Å². The molecule has 0 amide bonds. The van der Waals surface area contributed by atoms with Gasteiger partial charge in [0.1, 0.15) is 0 Å². The molecule has 0 fully saturated rings. The van der Waals surface area contributed by atoms with Crippen molar-refractivity contribution in [2.24, 2.45) is 7.05 Å². The number of halogens is 2. The highest BCUT2D eigenvalue weighted by Gasteiger charge is 2.20. The summed E-state index contributed by atoms with van der Waals surface area (Å²) in [6.45, 7) is 10.5. The fourth-order valence-electron chi connectivity index (χ4n) is 4.94. The number of aryl methyl sites for hydroxylation is 7. The molecule has 0 saturated carbocycles. The third-order valence-corrected chi connectivity index (χ3v) is 7.55. The van der Waals surface area contributed by atoms with E-state index >= 15 is 0 Å². The fraction of sp³-hybridized carbons (Fsp3) is 0.370. The molecule has 0 unspecified atom stereocenters. The highest BCUT2D eigenvalue weighted by molar-refractivity contribution is 6.35. The van der Waals surface area contributed by atoms with Gasteiger partial charge in [0.2, 0.25) is 0 Å². The minimum absolute atomic E-state index is 0.762. The largest absolute Gasteiger partial charge is 0.358 e. The van der Waals surface area contributed by atoms with E-state index in [9.17, 15) is 0 Å². The van der Waals surface area contributed by atoms with Crippen LogP contribution in [0.5, 0.6) is 0 Å². The van der Waals surface area contributed by atoms with Crippen molar-refractivity contribution in [1.82, 2.24) is 14.8 Å². The van der Waals surface area contributed by atoms with Gasteiger partial charge in [0.25, 0.3) is 0 Å². The van der Waals surface area contributed by atoms with Crippen molar-refractivity contribution in [3.05, 3.63) is 73.6 Å². The summed E-state index contributed by atoms with van der Waals surface area (Å²) >= 11 is 13.0. The molecule has 0 bridgehead atoms. The van der Waals surface area contributed by atoms with Gasteiger partial charge in [-0.2, -0.15) is 5.10 Å². The topological polar surface area (TPSA) is 33.6 Å². The second-order valence-corrected chi connectivity index (χ2v) is 9.78. The van der Waals surface area contributed by atoms with Crippen molar-refractivity contribution in [3.63, 3.8) is 0 Å². The van der Waals surface area contributed by atoms with Gasteiger partial charge in [0.05, 0.1) is 16.2 Å². The summed E-state index contributed by atoms with van der Waals surface area (Å²) in [7, 11) is 1.98. The molecule has 4 rings (SSSR count). The van der Waals surface area contributed by atoms with E-state index in [1.54, 1.807) is 0 Å². The van der Waals surface area contributed by atoms with Gasteiger partial charge in [-0.1, -0.05) is 41.4 Å². The molecule has 5 heteroatoms. The zero-order valence-electron chi connectivity index (χ0n) is 19.8. The van der Waals surface area contributed by atoms with Gasteiger partial charge < -0.3 is 4.98 Å². The van der Waals surface area contributed by atoms with Crippen LogP contribution in [0.1, 0.15) is 52.2 Å².